The summed E-state index contributed by atoms with van der Waals surface area (Å²) in [6.07, 6.45) is 0.334. The van der Waals surface area contributed by atoms with Gasteiger partial charge in [-0.2, -0.15) is 0 Å². The van der Waals surface area contributed by atoms with Gasteiger partial charge in [0, 0.05) is 37.4 Å². The van der Waals surface area contributed by atoms with Gasteiger partial charge in [0.1, 0.15) is 5.75 Å². The molecule has 144 valence electrons. The summed E-state index contributed by atoms with van der Waals surface area (Å²) in [5, 5.41) is 0. The van der Waals surface area contributed by atoms with Crippen molar-refractivity contribution in [2.75, 3.05) is 39.0 Å². The molecule has 2 amide bonds. The van der Waals surface area contributed by atoms with E-state index in [1.807, 2.05) is 29.2 Å². The summed E-state index contributed by atoms with van der Waals surface area (Å²) in [4.78, 5) is 28.6. The lowest BCUT2D eigenvalue weighted by molar-refractivity contribution is -0.131. The predicted molar refractivity (Wildman–Crippen MR) is 107 cm³/mol. The van der Waals surface area contributed by atoms with E-state index in [0.717, 1.165) is 11.3 Å². The molecule has 0 radical (unpaired) electrons. The van der Waals surface area contributed by atoms with Crippen LogP contribution in [0.1, 0.15) is 15.9 Å². The largest absolute Gasteiger partial charge is 0.497 e. The summed E-state index contributed by atoms with van der Waals surface area (Å²) in [6, 6.07) is 14.5. The SMILES string of the molecule is COc1cccc(CC(=O)N2CCN(C(=O)c3cccc(N)c3)CC2)c1.Cl. The fourth-order valence-corrected chi connectivity index (χ4v) is 3.08. The molecule has 1 aliphatic heterocycles. The molecular weight excluding hydrogens is 366 g/mol. The van der Waals surface area contributed by atoms with Crippen LogP contribution in [0.25, 0.3) is 0 Å². The number of methoxy groups -OCH3 is 1. The predicted octanol–water partition coefficient (Wildman–Crippen LogP) is 2.23. The molecule has 0 atom stereocenters. The lowest BCUT2D eigenvalue weighted by Crippen LogP contribution is -2.51. The molecule has 2 N–H and O–H groups in total. The van der Waals surface area contributed by atoms with Crippen LogP contribution in [-0.2, 0) is 11.2 Å². The van der Waals surface area contributed by atoms with Gasteiger partial charge in [0.05, 0.1) is 13.5 Å². The molecule has 2 aromatic rings. The Labute approximate surface area is 165 Å². The van der Waals surface area contributed by atoms with Crippen LogP contribution in [0, 0.1) is 0 Å². The molecule has 7 heteroatoms. The van der Waals surface area contributed by atoms with Gasteiger partial charge in [0.25, 0.3) is 5.91 Å². The summed E-state index contributed by atoms with van der Waals surface area (Å²) >= 11 is 0. The number of carbonyl (C=O) groups excluding carboxylic acids is 2. The van der Waals surface area contributed by atoms with E-state index < -0.39 is 0 Å². The van der Waals surface area contributed by atoms with Crippen molar-refractivity contribution in [2.24, 2.45) is 0 Å². The lowest BCUT2D eigenvalue weighted by Gasteiger charge is -2.35. The first kappa shape index (κ1) is 20.6. The Kier molecular flexibility index (Phi) is 7.07. The zero-order valence-corrected chi connectivity index (χ0v) is 16.1. The third kappa shape index (κ3) is 5.14. The number of hydrogen-bond acceptors (Lipinski definition) is 4. The number of piperazine rings is 1. The molecule has 6 nitrogen and oxygen atoms in total. The topological polar surface area (TPSA) is 75.9 Å². The maximum atomic E-state index is 12.5. The number of halogens is 1. The van der Waals surface area contributed by atoms with Gasteiger partial charge in [0.2, 0.25) is 5.91 Å². The molecule has 0 aromatic heterocycles. The molecule has 0 bridgehead atoms. The number of hydrogen-bond donors (Lipinski definition) is 1. The second kappa shape index (κ2) is 9.28. The van der Waals surface area contributed by atoms with Gasteiger partial charge < -0.3 is 20.3 Å². The fourth-order valence-electron chi connectivity index (χ4n) is 3.08. The first-order valence-corrected chi connectivity index (χ1v) is 8.62. The fraction of sp³-hybridized carbons (Fsp3) is 0.300. The summed E-state index contributed by atoms with van der Waals surface area (Å²) in [5.41, 5.74) is 7.83. The Hall–Kier alpha value is -2.73. The van der Waals surface area contributed by atoms with Crippen molar-refractivity contribution in [3.05, 3.63) is 59.7 Å². The molecular formula is C20H24ClN3O3. The highest BCUT2D eigenvalue weighted by molar-refractivity contribution is 5.95. The second-order valence-electron chi connectivity index (χ2n) is 6.33. The van der Waals surface area contributed by atoms with E-state index >= 15 is 0 Å². The minimum Gasteiger partial charge on any atom is -0.497 e. The highest BCUT2D eigenvalue weighted by Gasteiger charge is 2.25. The summed E-state index contributed by atoms with van der Waals surface area (Å²) in [6.45, 7) is 2.13. The van der Waals surface area contributed by atoms with Gasteiger partial charge in [-0.15, -0.1) is 12.4 Å². The van der Waals surface area contributed by atoms with Crippen LogP contribution in [0.5, 0.6) is 5.75 Å². The van der Waals surface area contributed by atoms with E-state index in [1.54, 1.807) is 36.3 Å². The monoisotopic (exact) mass is 389 g/mol. The molecule has 0 unspecified atom stereocenters. The third-order valence-corrected chi connectivity index (χ3v) is 4.54. The Morgan fingerprint density at radius 1 is 1.00 bits per heavy atom. The van der Waals surface area contributed by atoms with Crippen LogP contribution in [-0.4, -0.2) is 54.9 Å². The number of amides is 2. The van der Waals surface area contributed by atoms with E-state index in [4.69, 9.17) is 10.5 Å². The molecule has 27 heavy (non-hydrogen) atoms. The number of benzene rings is 2. The number of nitrogens with two attached hydrogens (primary N) is 1. The highest BCUT2D eigenvalue weighted by atomic mass is 35.5. The van der Waals surface area contributed by atoms with Gasteiger partial charge in [-0.3, -0.25) is 9.59 Å². The number of ether oxygens (including phenoxy) is 1. The average Bonchev–Trinajstić information content (AvgIpc) is 2.67. The molecule has 3 rings (SSSR count). The van der Waals surface area contributed by atoms with E-state index in [-0.39, 0.29) is 24.2 Å². The van der Waals surface area contributed by atoms with E-state index in [9.17, 15) is 9.59 Å². The minimum atomic E-state index is -0.0443. The van der Waals surface area contributed by atoms with Gasteiger partial charge >= 0.3 is 0 Å². The molecule has 1 heterocycles. The van der Waals surface area contributed by atoms with Crippen molar-refractivity contribution >= 4 is 29.9 Å². The number of carbonyl (C=O) groups is 2. The van der Waals surface area contributed by atoms with E-state index in [0.29, 0.717) is 43.9 Å². The second-order valence-corrected chi connectivity index (χ2v) is 6.33. The lowest BCUT2D eigenvalue weighted by atomic mass is 10.1. The molecule has 0 spiro atoms. The smallest absolute Gasteiger partial charge is 0.254 e. The third-order valence-electron chi connectivity index (χ3n) is 4.54. The zero-order chi connectivity index (χ0) is 18.5. The number of nitrogen functional groups attached to an aromatic ring is 1. The van der Waals surface area contributed by atoms with Crippen molar-refractivity contribution in [3.63, 3.8) is 0 Å². The Bertz CT molecular complexity index is 805. The molecule has 1 saturated heterocycles. The first-order chi connectivity index (χ1) is 12.6. The van der Waals surface area contributed by atoms with Crippen molar-refractivity contribution < 1.29 is 14.3 Å². The molecule has 0 aliphatic carbocycles. The Morgan fingerprint density at radius 2 is 1.67 bits per heavy atom. The van der Waals surface area contributed by atoms with Crippen LogP contribution in [0.15, 0.2) is 48.5 Å². The number of nitrogens with zero attached hydrogens (tertiary/aromatic N) is 2. The quantitative estimate of drug-likeness (QED) is 0.813. The average molecular weight is 390 g/mol. The Balaban J connectivity index is 0.00000261. The maximum absolute atomic E-state index is 12.5. The van der Waals surface area contributed by atoms with Gasteiger partial charge in [0.15, 0.2) is 0 Å². The summed E-state index contributed by atoms with van der Waals surface area (Å²) < 4.78 is 5.19. The van der Waals surface area contributed by atoms with Crippen molar-refractivity contribution in [3.8, 4) is 5.75 Å². The van der Waals surface area contributed by atoms with E-state index in [2.05, 4.69) is 0 Å². The van der Waals surface area contributed by atoms with Crippen LogP contribution in [0.4, 0.5) is 5.69 Å². The summed E-state index contributed by atoms with van der Waals surface area (Å²) in [5.74, 6) is 0.763. The highest BCUT2D eigenvalue weighted by Crippen LogP contribution is 2.15. The zero-order valence-electron chi connectivity index (χ0n) is 15.3. The van der Waals surface area contributed by atoms with Crippen molar-refractivity contribution in [2.45, 2.75) is 6.42 Å². The van der Waals surface area contributed by atoms with Gasteiger partial charge in [-0.05, 0) is 35.9 Å². The van der Waals surface area contributed by atoms with Crippen molar-refractivity contribution in [1.29, 1.82) is 0 Å². The summed E-state index contributed by atoms with van der Waals surface area (Å²) in [7, 11) is 1.61. The molecule has 1 aliphatic rings. The molecule has 2 aromatic carbocycles. The number of rotatable bonds is 4. The van der Waals surface area contributed by atoms with Crippen LogP contribution in [0.2, 0.25) is 0 Å². The van der Waals surface area contributed by atoms with Crippen LogP contribution < -0.4 is 10.5 Å². The van der Waals surface area contributed by atoms with Crippen LogP contribution in [0.3, 0.4) is 0 Å². The molecule has 0 saturated carbocycles. The number of anilines is 1. The van der Waals surface area contributed by atoms with Gasteiger partial charge in [-0.1, -0.05) is 18.2 Å². The normalized spacial score (nSPS) is 13.7. The van der Waals surface area contributed by atoms with Gasteiger partial charge in [-0.25, -0.2) is 0 Å². The van der Waals surface area contributed by atoms with Crippen LogP contribution >= 0.6 is 12.4 Å². The Morgan fingerprint density at radius 3 is 2.33 bits per heavy atom. The maximum Gasteiger partial charge on any atom is 0.254 e. The van der Waals surface area contributed by atoms with Crippen molar-refractivity contribution in [1.82, 2.24) is 9.80 Å². The van der Waals surface area contributed by atoms with E-state index in [1.165, 1.54) is 0 Å². The standard InChI is InChI=1S/C20H23N3O3.ClH/c1-26-18-7-2-4-15(12-18)13-19(24)22-8-10-23(11-9-22)20(25)16-5-3-6-17(21)14-16;/h2-7,12,14H,8-11,13,21H2,1H3;1H. The first-order valence-electron chi connectivity index (χ1n) is 8.62. The minimum absolute atomic E-state index is 0. The molecule has 1 fully saturated rings.